The van der Waals surface area contributed by atoms with E-state index in [1.165, 1.54) is 0 Å². The van der Waals surface area contributed by atoms with Gasteiger partial charge >= 0.3 is 0 Å². The molecule has 0 atom stereocenters. The van der Waals surface area contributed by atoms with E-state index in [1.54, 1.807) is 19.5 Å². The van der Waals surface area contributed by atoms with Crippen molar-refractivity contribution in [1.29, 1.82) is 0 Å². The zero-order valence-electron chi connectivity index (χ0n) is 7.36. The van der Waals surface area contributed by atoms with Crippen LogP contribution in [-0.4, -0.2) is 44.5 Å². The number of nitrogens with zero attached hydrogens (tertiary/aromatic N) is 2. The Morgan fingerprint density at radius 2 is 2.17 bits per heavy atom. The summed E-state index contributed by atoms with van der Waals surface area (Å²) in [6, 6.07) is 0. The molecule has 0 aromatic rings. The molecule has 0 amide bonds. The maximum atomic E-state index is 5.45. The van der Waals surface area contributed by atoms with Gasteiger partial charge in [0.25, 0.3) is 0 Å². The average molecular weight is 169 g/mol. The van der Waals surface area contributed by atoms with Gasteiger partial charge in [0, 0.05) is 32.6 Å². The molecule has 0 spiro atoms. The van der Waals surface area contributed by atoms with Crippen LogP contribution in [0.5, 0.6) is 0 Å². The summed E-state index contributed by atoms with van der Waals surface area (Å²) < 4.78 is 5.22. The van der Waals surface area contributed by atoms with Crippen molar-refractivity contribution in [2.45, 2.75) is 0 Å². The van der Waals surface area contributed by atoms with Gasteiger partial charge in [-0.15, -0.1) is 0 Å². The summed E-state index contributed by atoms with van der Waals surface area (Å²) >= 11 is 0. The monoisotopic (exact) mass is 169 g/mol. The number of ether oxygens (including phenoxy) is 1. The summed E-state index contributed by atoms with van der Waals surface area (Å²) in [4.78, 5) is 6.09. The van der Waals surface area contributed by atoms with Crippen molar-refractivity contribution in [3.05, 3.63) is 11.9 Å². The SMILES string of the molecule is CN=CC(=CN)N1CCOCC1. The molecule has 1 aliphatic rings. The molecule has 0 aromatic heterocycles. The predicted molar refractivity (Wildman–Crippen MR) is 49.1 cm³/mol. The summed E-state index contributed by atoms with van der Waals surface area (Å²) in [5.74, 6) is 0. The third-order valence-corrected chi connectivity index (χ3v) is 1.81. The molecule has 0 radical (unpaired) electrons. The van der Waals surface area contributed by atoms with Crippen LogP contribution < -0.4 is 5.73 Å². The van der Waals surface area contributed by atoms with Crippen molar-refractivity contribution in [2.24, 2.45) is 10.7 Å². The summed E-state index contributed by atoms with van der Waals surface area (Å²) in [6.45, 7) is 3.34. The van der Waals surface area contributed by atoms with Gasteiger partial charge in [-0.2, -0.15) is 0 Å². The highest BCUT2D eigenvalue weighted by Crippen LogP contribution is 2.03. The van der Waals surface area contributed by atoms with Gasteiger partial charge in [-0.05, 0) is 0 Å². The summed E-state index contributed by atoms with van der Waals surface area (Å²) in [6.07, 6.45) is 3.35. The van der Waals surface area contributed by atoms with Gasteiger partial charge < -0.3 is 15.4 Å². The minimum absolute atomic E-state index is 0.773. The molecule has 1 heterocycles. The minimum Gasteiger partial charge on any atom is -0.403 e. The predicted octanol–water partition coefficient (Wildman–Crippen LogP) is -0.181. The lowest BCUT2D eigenvalue weighted by atomic mass is 10.3. The maximum Gasteiger partial charge on any atom is 0.0706 e. The molecule has 4 heteroatoms. The van der Waals surface area contributed by atoms with E-state index >= 15 is 0 Å². The number of rotatable bonds is 2. The van der Waals surface area contributed by atoms with Crippen LogP contribution in [0.25, 0.3) is 0 Å². The van der Waals surface area contributed by atoms with E-state index in [0.29, 0.717) is 0 Å². The molecule has 12 heavy (non-hydrogen) atoms. The zero-order chi connectivity index (χ0) is 8.81. The van der Waals surface area contributed by atoms with E-state index in [2.05, 4.69) is 9.89 Å². The number of morpholine rings is 1. The molecule has 1 rings (SSSR count). The summed E-state index contributed by atoms with van der Waals surface area (Å²) in [7, 11) is 1.74. The number of aliphatic imine (C=N–C) groups is 1. The fraction of sp³-hybridized carbons (Fsp3) is 0.625. The average Bonchev–Trinajstić information content (AvgIpc) is 2.15. The van der Waals surface area contributed by atoms with Gasteiger partial charge in [-0.25, -0.2) is 0 Å². The van der Waals surface area contributed by atoms with Gasteiger partial charge in [0.15, 0.2) is 0 Å². The smallest absolute Gasteiger partial charge is 0.0706 e. The second-order valence-electron chi connectivity index (χ2n) is 2.58. The highest BCUT2D eigenvalue weighted by atomic mass is 16.5. The number of allylic oxidation sites excluding steroid dienone is 1. The van der Waals surface area contributed by atoms with Gasteiger partial charge in [-0.1, -0.05) is 0 Å². The van der Waals surface area contributed by atoms with E-state index in [9.17, 15) is 0 Å². The van der Waals surface area contributed by atoms with Crippen molar-refractivity contribution >= 4 is 6.21 Å². The van der Waals surface area contributed by atoms with Gasteiger partial charge in [0.05, 0.1) is 18.9 Å². The van der Waals surface area contributed by atoms with Crippen molar-refractivity contribution in [3.63, 3.8) is 0 Å². The molecule has 0 aliphatic carbocycles. The maximum absolute atomic E-state index is 5.45. The van der Waals surface area contributed by atoms with Crippen LogP contribution in [-0.2, 0) is 4.74 Å². The lowest BCUT2D eigenvalue weighted by Crippen LogP contribution is -2.36. The molecule has 1 fully saturated rings. The molecule has 68 valence electrons. The second kappa shape index (κ2) is 4.77. The van der Waals surface area contributed by atoms with Crippen molar-refractivity contribution < 1.29 is 4.74 Å². The fourth-order valence-electron chi connectivity index (χ4n) is 1.18. The molecular weight excluding hydrogens is 154 g/mol. The lowest BCUT2D eigenvalue weighted by molar-refractivity contribution is 0.0566. The summed E-state index contributed by atoms with van der Waals surface area (Å²) in [5.41, 5.74) is 6.43. The Labute approximate surface area is 72.7 Å². The summed E-state index contributed by atoms with van der Waals surface area (Å²) in [5, 5.41) is 0. The first-order chi connectivity index (χ1) is 5.88. The van der Waals surface area contributed by atoms with Crippen molar-refractivity contribution in [3.8, 4) is 0 Å². The van der Waals surface area contributed by atoms with Crippen LogP contribution in [0.3, 0.4) is 0 Å². The number of nitrogens with two attached hydrogens (primary N) is 1. The zero-order valence-corrected chi connectivity index (χ0v) is 7.36. The highest BCUT2D eigenvalue weighted by molar-refractivity contribution is 5.77. The minimum atomic E-state index is 0.773. The molecule has 2 N–H and O–H groups in total. The third-order valence-electron chi connectivity index (χ3n) is 1.81. The quantitative estimate of drug-likeness (QED) is 0.583. The van der Waals surface area contributed by atoms with E-state index in [-0.39, 0.29) is 0 Å². The molecule has 0 saturated carbocycles. The third kappa shape index (κ3) is 2.23. The van der Waals surface area contributed by atoms with Crippen molar-refractivity contribution in [1.82, 2.24) is 4.90 Å². The Morgan fingerprint density at radius 1 is 1.50 bits per heavy atom. The fourth-order valence-corrected chi connectivity index (χ4v) is 1.18. The topological polar surface area (TPSA) is 50.8 Å². The molecule has 1 saturated heterocycles. The van der Waals surface area contributed by atoms with Crippen LogP contribution in [0.15, 0.2) is 16.9 Å². The molecule has 0 bridgehead atoms. The van der Waals surface area contributed by atoms with Crippen LogP contribution in [0, 0.1) is 0 Å². The van der Waals surface area contributed by atoms with Gasteiger partial charge in [0.2, 0.25) is 0 Å². The highest BCUT2D eigenvalue weighted by Gasteiger charge is 2.10. The number of hydrogen-bond acceptors (Lipinski definition) is 4. The first-order valence-corrected chi connectivity index (χ1v) is 4.05. The van der Waals surface area contributed by atoms with Crippen LogP contribution in [0.1, 0.15) is 0 Å². The molecular formula is C8H15N3O. The van der Waals surface area contributed by atoms with Crippen LogP contribution in [0.4, 0.5) is 0 Å². The largest absolute Gasteiger partial charge is 0.403 e. The Morgan fingerprint density at radius 3 is 2.67 bits per heavy atom. The van der Waals surface area contributed by atoms with Crippen LogP contribution >= 0.6 is 0 Å². The van der Waals surface area contributed by atoms with E-state index in [0.717, 1.165) is 32.0 Å². The molecule has 4 nitrogen and oxygen atoms in total. The molecule has 0 unspecified atom stereocenters. The van der Waals surface area contributed by atoms with E-state index in [1.807, 2.05) is 0 Å². The number of hydrogen-bond donors (Lipinski definition) is 1. The molecule has 1 aliphatic heterocycles. The lowest BCUT2D eigenvalue weighted by Gasteiger charge is -2.28. The van der Waals surface area contributed by atoms with E-state index in [4.69, 9.17) is 10.5 Å². The van der Waals surface area contributed by atoms with E-state index < -0.39 is 0 Å². The first kappa shape index (κ1) is 9.06. The van der Waals surface area contributed by atoms with Gasteiger partial charge in [0.1, 0.15) is 0 Å². The normalized spacial score (nSPS) is 20.4. The standard InChI is InChI=1S/C8H15N3O/c1-10-7-8(6-9)11-2-4-12-5-3-11/h6-7H,2-5,9H2,1H3. The van der Waals surface area contributed by atoms with Gasteiger partial charge in [-0.3, -0.25) is 4.99 Å². The second-order valence-corrected chi connectivity index (χ2v) is 2.58. The molecule has 0 aromatic carbocycles. The first-order valence-electron chi connectivity index (χ1n) is 4.05. The van der Waals surface area contributed by atoms with Crippen molar-refractivity contribution in [2.75, 3.05) is 33.4 Å². The van der Waals surface area contributed by atoms with Crippen LogP contribution in [0.2, 0.25) is 0 Å². The Balaban J connectivity index is 2.52. The Kier molecular flexibility index (Phi) is 3.60. The Hall–Kier alpha value is -1.03. The Bertz CT molecular complexity index is 183.